The van der Waals surface area contributed by atoms with Gasteiger partial charge in [-0.2, -0.15) is 13.2 Å². The molecule has 0 aromatic rings. The van der Waals surface area contributed by atoms with E-state index >= 15 is 0 Å². The van der Waals surface area contributed by atoms with Gasteiger partial charge in [-0.05, 0) is 43.9 Å². The summed E-state index contributed by atoms with van der Waals surface area (Å²) in [5.41, 5.74) is 3.89. The minimum absolute atomic E-state index is 0.0602. The molecule has 1 heterocycles. The van der Waals surface area contributed by atoms with Gasteiger partial charge in [-0.15, -0.1) is 26.3 Å². The average molecular weight is 627 g/mol. The third kappa shape index (κ3) is 7.33. The monoisotopic (exact) mass is 627 g/mol. The van der Waals surface area contributed by atoms with Crippen LogP contribution in [0.15, 0.2) is 0 Å². The van der Waals surface area contributed by atoms with E-state index in [1.807, 2.05) is 0 Å². The molecule has 2 saturated carbocycles. The van der Waals surface area contributed by atoms with Crippen LogP contribution in [0.3, 0.4) is 0 Å². The molecule has 1 aliphatic heterocycles. The molecule has 0 aromatic carbocycles. The number of ketones is 2. The van der Waals surface area contributed by atoms with E-state index in [0.29, 0.717) is 6.92 Å². The summed E-state index contributed by atoms with van der Waals surface area (Å²) in [6.45, 7) is -0.795. The first kappa shape index (κ1) is 33.5. The standard InChI is InChI=1S/C23H26F9N3O7/c1-8(42-23(30,31)32)15(35-19(40)21(24,25)26)16(37)11-5-10-6-20(10,14(11)17(33)38)12(4-9-2-3-34-18(9)39)13(36)7-41-22(27,28)29/h8-12,14-15H,2-7H2,1H3,(H2,33,38)(H,34,39)(H,35,40)/t8-,9-,10?,11?,12-,14?,15+,20?/m1/s1. The number of ether oxygens (including phenoxy) is 2. The Morgan fingerprint density at radius 3 is 2.17 bits per heavy atom. The first-order valence-electron chi connectivity index (χ1n) is 12.5. The second-order valence-corrected chi connectivity index (χ2v) is 10.6. The maximum atomic E-state index is 13.4. The van der Waals surface area contributed by atoms with Crippen molar-refractivity contribution >= 4 is 29.3 Å². The van der Waals surface area contributed by atoms with Gasteiger partial charge in [-0.1, -0.05) is 0 Å². The Balaban J connectivity index is 1.98. The van der Waals surface area contributed by atoms with Gasteiger partial charge in [0.15, 0.2) is 11.6 Å². The summed E-state index contributed by atoms with van der Waals surface area (Å²) >= 11 is 0. The van der Waals surface area contributed by atoms with Gasteiger partial charge in [-0.3, -0.25) is 33.4 Å². The summed E-state index contributed by atoms with van der Waals surface area (Å²) in [5.74, 6) is -14.0. The van der Waals surface area contributed by atoms with E-state index in [9.17, 15) is 63.5 Å². The van der Waals surface area contributed by atoms with E-state index in [1.165, 1.54) is 0 Å². The van der Waals surface area contributed by atoms with Gasteiger partial charge in [0.2, 0.25) is 11.8 Å². The van der Waals surface area contributed by atoms with Crippen molar-refractivity contribution in [2.24, 2.45) is 40.7 Å². The van der Waals surface area contributed by atoms with Gasteiger partial charge in [0, 0.05) is 24.3 Å². The second-order valence-electron chi connectivity index (χ2n) is 10.6. The molecule has 1 saturated heterocycles. The van der Waals surface area contributed by atoms with Crippen LogP contribution in [-0.4, -0.2) is 73.5 Å². The number of hydrogen-bond acceptors (Lipinski definition) is 7. The third-order valence-electron chi connectivity index (χ3n) is 8.13. The summed E-state index contributed by atoms with van der Waals surface area (Å²) in [6, 6.07) is -2.59. The highest BCUT2D eigenvalue weighted by Crippen LogP contribution is 2.73. The normalized spacial score (nSPS) is 29.7. The molecule has 4 unspecified atom stereocenters. The first-order valence-corrected chi connectivity index (χ1v) is 12.5. The van der Waals surface area contributed by atoms with E-state index in [2.05, 4.69) is 14.8 Å². The summed E-state index contributed by atoms with van der Waals surface area (Å²) in [4.78, 5) is 63.0. The fourth-order valence-corrected chi connectivity index (χ4v) is 6.47. The number of nitrogens with one attached hydrogen (secondary N) is 2. The highest BCUT2D eigenvalue weighted by molar-refractivity contribution is 5.97. The van der Waals surface area contributed by atoms with E-state index in [4.69, 9.17) is 5.73 Å². The van der Waals surface area contributed by atoms with Crippen LogP contribution in [0.5, 0.6) is 0 Å². The number of fused-ring (bicyclic) bond motifs is 1. The number of nitrogens with two attached hydrogens (primary N) is 1. The Hall–Kier alpha value is -2.96. The summed E-state index contributed by atoms with van der Waals surface area (Å²) < 4.78 is 123. The number of alkyl halides is 9. The lowest BCUT2D eigenvalue weighted by Gasteiger charge is -2.35. The van der Waals surface area contributed by atoms with Crippen molar-refractivity contribution in [3.05, 3.63) is 0 Å². The topological polar surface area (TPSA) is 154 Å². The molecule has 4 N–H and O–H groups in total. The lowest BCUT2D eigenvalue weighted by Crippen LogP contribution is -2.56. The van der Waals surface area contributed by atoms with Crippen molar-refractivity contribution in [1.29, 1.82) is 0 Å². The fraction of sp³-hybridized carbons (Fsp3) is 0.783. The summed E-state index contributed by atoms with van der Waals surface area (Å²) in [5, 5.41) is 3.63. The lowest BCUT2D eigenvalue weighted by molar-refractivity contribution is -0.342. The van der Waals surface area contributed by atoms with Crippen LogP contribution in [-0.2, 0) is 33.4 Å². The SMILES string of the molecule is C[C@@H](OC(F)(F)F)[C@H](NC(=O)C(F)(F)F)C(=O)C1CC2CC2([C@H](C[C@H]2CCNC2=O)C(=O)COC(F)(F)F)C1C(N)=O. The van der Waals surface area contributed by atoms with E-state index in [1.54, 1.807) is 0 Å². The summed E-state index contributed by atoms with van der Waals surface area (Å²) in [6.07, 6.45) is -19.4. The maximum absolute atomic E-state index is 13.4. The van der Waals surface area contributed by atoms with Crippen LogP contribution in [0, 0.1) is 35.0 Å². The van der Waals surface area contributed by atoms with Crippen molar-refractivity contribution in [3.8, 4) is 0 Å². The van der Waals surface area contributed by atoms with Crippen LogP contribution in [0.2, 0.25) is 0 Å². The van der Waals surface area contributed by atoms with Crippen molar-refractivity contribution in [1.82, 2.24) is 10.6 Å². The number of primary amides is 1. The minimum Gasteiger partial charge on any atom is -0.369 e. The zero-order chi connectivity index (χ0) is 32.0. The minimum atomic E-state index is -5.63. The molecule has 0 spiro atoms. The Morgan fingerprint density at radius 2 is 1.69 bits per heavy atom. The molecule has 3 fully saturated rings. The molecule has 2 aliphatic carbocycles. The molecule has 42 heavy (non-hydrogen) atoms. The fourth-order valence-electron chi connectivity index (χ4n) is 6.47. The number of halogens is 9. The van der Waals surface area contributed by atoms with Crippen molar-refractivity contribution in [2.45, 2.75) is 63.7 Å². The third-order valence-corrected chi connectivity index (χ3v) is 8.13. The summed E-state index contributed by atoms with van der Waals surface area (Å²) in [7, 11) is 0. The van der Waals surface area contributed by atoms with E-state index in [0.717, 1.165) is 5.32 Å². The van der Waals surface area contributed by atoms with Crippen LogP contribution < -0.4 is 16.4 Å². The molecular weight excluding hydrogens is 601 g/mol. The Kier molecular flexibility index (Phi) is 9.27. The molecule has 19 heteroatoms. The van der Waals surface area contributed by atoms with Crippen LogP contribution in [0.4, 0.5) is 39.5 Å². The number of carbonyl (C=O) groups excluding carboxylic acids is 5. The van der Waals surface area contributed by atoms with Gasteiger partial charge < -0.3 is 16.4 Å². The predicted molar refractivity (Wildman–Crippen MR) is 117 cm³/mol. The number of amides is 3. The number of rotatable bonds is 12. The molecule has 0 bridgehead atoms. The molecule has 3 aliphatic rings. The highest BCUT2D eigenvalue weighted by Gasteiger charge is 2.73. The molecule has 3 amide bonds. The van der Waals surface area contributed by atoms with Crippen LogP contribution >= 0.6 is 0 Å². The molecule has 10 nitrogen and oxygen atoms in total. The lowest BCUT2D eigenvalue weighted by atomic mass is 9.69. The van der Waals surface area contributed by atoms with Crippen molar-refractivity contribution in [3.63, 3.8) is 0 Å². The average Bonchev–Trinajstić information content (AvgIpc) is 3.20. The zero-order valence-electron chi connectivity index (χ0n) is 21.6. The van der Waals surface area contributed by atoms with Gasteiger partial charge in [0.25, 0.3) is 0 Å². The molecule has 0 radical (unpaired) electrons. The van der Waals surface area contributed by atoms with Gasteiger partial charge in [0.1, 0.15) is 12.6 Å². The molecule has 3 rings (SSSR count). The number of carbonyl (C=O) groups is 5. The van der Waals surface area contributed by atoms with E-state index in [-0.39, 0.29) is 25.8 Å². The Bertz CT molecular complexity index is 1110. The van der Waals surface area contributed by atoms with Crippen LogP contribution in [0.25, 0.3) is 0 Å². The second kappa shape index (κ2) is 11.6. The predicted octanol–water partition coefficient (Wildman–Crippen LogP) is 1.90. The van der Waals surface area contributed by atoms with Gasteiger partial charge in [0.05, 0.1) is 12.0 Å². The van der Waals surface area contributed by atoms with Gasteiger partial charge >= 0.3 is 24.8 Å². The molecular formula is C23H26F9N3O7. The Morgan fingerprint density at radius 1 is 1.07 bits per heavy atom. The zero-order valence-corrected chi connectivity index (χ0v) is 21.6. The first-order chi connectivity index (χ1) is 19.1. The van der Waals surface area contributed by atoms with E-state index < -0.39 is 108 Å². The molecule has 0 aromatic heterocycles. The maximum Gasteiger partial charge on any atom is 0.522 e. The highest BCUT2D eigenvalue weighted by atomic mass is 19.4. The number of Topliss-reactive ketones (excluding diaryl/α,β-unsaturated/α-hetero) is 2. The molecule has 238 valence electrons. The Labute approximate surface area is 231 Å². The van der Waals surface area contributed by atoms with Crippen LogP contribution in [0.1, 0.15) is 32.6 Å². The molecule has 8 atom stereocenters. The quantitative estimate of drug-likeness (QED) is 0.280. The van der Waals surface area contributed by atoms with Gasteiger partial charge in [-0.25, -0.2) is 0 Å². The van der Waals surface area contributed by atoms with Crippen molar-refractivity contribution in [2.75, 3.05) is 13.2 Å². The number of hydrogen-bond donors (Lipinski definition) is 3. The van der Waals surface area contributed by atoms with Crippen molar-refractivity contribution < 1.29 is 73.0 Å². The smallest absolute Gasteiger partial charge is 0.369 e. The largest absolute Gasteiger partial charge is 0.522 e.